The van der Waals surface area contributed by atoms with Crippen LogP contribution in [-0.2, 0) is 5.75 Å². The first kappa shape index (κ1) is 12.8. The molecule has 0 spiro atoms. The van der Waals surface area contributed by atoms with Crippen molar-refractivity contribution in [3.63, 3.8) is 0 Å². The van der Waals surface area contributed by atoms with E-state index in [2.05, 4.69) is 9.97 Å². The van der Waals surface area contributed by atoms with Gasteiger partial charge in [-0.05, 0) is 17.2 Å². The summed E-state index contributed by atoms with van der Waals surface area (Å²) >= 11 is 6.91. The lowest BCUT2D eigenvalue weighted by Crippen LogP contribution is -1.96. The lowest BCUT2D eigenvalue weighted by molar-refractivity contribution is -0.388. The summed E-state index contributed by atoms with van der Waals surface area (Å²) in [5, 5.41) is 11.1. The van der Waals surface area contributed by atoms with Crippen LogP contribution >= 0.6 is 23.4 Å². The molecule has 92 valence electrons. The van der Waals surface area contributed by atoms with Gasteiger partial charge in [0.05, 0.1) is 4.92 Å². The molecule has 0 radical (unpaired) electrons. The summed E-state index contributed by atoms with van der Waals surface area (Å²) in [5.41, 5.74) is 0.937. The van der Waals surface area contributed by atoms with Gasteiger partial charge in [-0.2, -0.15) is 0 Å². The maximum Gasteiger partial charge on any atom is 0.319 e. The van der Waals surface area contributed by atoms with E-state index in [1.54, 1.807) is 0 Å². The van der Waals surface area contributed by atoms with Crippen LogP contribution in [0.4, 0.5) is 5.69 Å². The number of halogens is 1. The van der Waals surface area contributed by atoms with Crippen molar-refractivity contribution < 1.29 is 4.92 Å². The van der Waals surface area contributed by atoms with Crippen LogP contribution in [0, 0.1) is 10.1 Å². The summed E-state index contributed by atoms with van der Waals surface area (Å²) in [7, 11) is 0. The number of aromatic nitrogens is 2. The Balaban J connectivity index is 2.18. The Hall–Kier alpha value is -1.66. The van der Waals surface area contributed by atoms with Crippen molar-refractivity contribution in [1.82, 2.24) is 9.97 Å². The number of nitro groups is 1. The van der Waals surface area contributed by atoms with Crippen molar-refractivity contribution in [3.05, 3.63) is 57.5 Å². The number of hydrogen-bond donors (Lipinski definition) is 0. The lowest BCUT2D eigenvalue weighted by atomic mass is 10.2. The average molecular weight is 282 g/mol. The van der Waals surface area contributed by atoms with Gasteiger partial charge < -0.3 is 0 Å². The fourth-order valence-electron chi connectivity index (χ4n) is 1.30. The fraction of sp³-hybridized carbons (Fsp3) is 0.0909. The summed E-state index contributed by atoms with van der Waals surface area (Å²) < 4.78 is 0. The van der Waals surface area contributed by atoms with E-state index in [1.807, 2.05) is 30.3 Å². The molecular formula is C11H8ClN3O2S. The number of rotatable bonds is 4. The molecule has 7 heteroatoms. The van der Waals surface area contributed by atoms with Gasteiger partial charge in [0, 0.05) is 5.75 Å². The summed E-state index contributed by atoms with van der Waals surface area (Å²) in [6.07, 6.45) is 1.13. The molecule has 0 N–H and O–H groups in total. The molecule has 0 atom stereocenters. The first-order valence-electron chi connectivity index (χ1n) is 5.00. The van der Waals surface area contributed by atoms with Crippen molar-refractivity contribution in [2.45, 2.75) is 10.8 Å². The number of benzene rings is 1. The van der Waals surface area contributed by atoms with E-state index < -0.39 is 4.92 Å². The van der Waals surface area contributed by atoms with Gasteiger partial charge in [0.15, 0.2) is 5.03 Å². The van der Waals surface area contributed by atoms with Crippen molar-refractivity contribution in [2.24, 2.45) is 0 Å². The molecule has 0 aliphatic heterocycles. The van der Waals surface area contributed by atoms with Gasteiger partial charge in [0.1, 0.15) is 6.20 Å². The highest BCUT2D eigenvalue weighted by atomic mass is 35.5. The molecule has 18 heavy (non-hydrogen) atoms. The average Bonchev–Trinajstić information content (AvgIpc) is 2.37. The van der Waals surface area contributed by atoms with Crippen LogP contribution in [-0.4, -0.2) is 14.9 Å². The normalized spacial score (nSPS) is 10.3. The van der Waals surface area contributed by atoms with Crippen molar-refractivity contribution in [2.75, 3.05) is 0 Å². The van der Waals surface area contributed by atoms with E-state index in [9.17, 15) is 10.1 Å². The molecule has 0 amide bonds. The Bertz CT molecular complexity index is 565. The molecule has 0 fully saturated rings. The quantitative estimate of drug-likeness (QED) is 0.283. The molecule has 0 bridgehead atoms. The van der Waals surface area contributed by atoms with E-state index in [1.165, 1.54) is 11.8 Å². The van der Waals surface area contributed by atoms with Crippen LogP contribution in [0.5, 0.6) is 0 Å². The van der Waals surface area contributed by atoms with Crippen LogP contribution in [0.3, 0.4) is 0 Å². The van der Waals surface area contributed by atoms with E-state index in [4.69, 9.17) is 11.6 Å². The SMILES string of the molecule is O=[N+]([O-])c1cnc(Cl)nc1SCc1ccccc1. The largest absolute Gasteiger partial charge is 0.319 e. The van der Waals surface area contributed by atoms with Gasteiger partial charge in [-0.25, -0.2) is 9.97 Å². The first-order chi connectivity index (χ1) is 8.66. The molecule has 1 aromatic heterocycles. The van der Waals surface area contributed by atoms with Crippen molar-refractivity contribution >= 4 is 29.1 Å². The minimum atomic E-state index is -0.510. The Labute approximate surface area is 112 Å². The Kier molecular flexibility index (Phi) is 4.11. The van der Waals surface area contributed by atoms with E-state index in [0.717, 1.165) is 11.8 Å². The van der Waals surface area contributed by atoms with Gasteiger partial charge in [0.2, 0.25) is 5.28 Å². The van der Waals surface area contributed by atoms with Crippen LogP contribution in [0.25, 0.3) is 0 Å². The van der Waals surface area contributed by atoms with Gasteiger partial charge in [-0.1, -0.05) is 42.1 Å². The summed E-state index contributed by atoms with van der Waals surface area (Å²) in [6.45, 7) is 0. The second-order valence-electron chi connectivity index (χ2n) is 3.36. The minimum absolute atomic E-state index is 0.0103. The van der Waals surface area contributed by atoms with Gasteiger partial charge >= 0.3 is 5.69 Å². The predicted molar refractivity (Wildman–Crippen MR) is 69.7 cm³/mol. The molecule has 1 heterocycles. The zero-order valence-electron chi connectivity index (χ0n) is 9.12. The third-order valence-electron chi connectivity index (χ3n) is 2.12. The molecule has 2 aromatic rings. The zero-order valence-corrected chi connectivity index (χ0v) is 10.7. The van der Waals surface area contributed by atoms with Crippen molar-refractivity contribution in [3.8, 4) is 0 Å². The van der Waals surface area contributed by atoms with Crippen LogP contribution in [0.15, 0.2) is 41.6 Å². The highest BCUT2D eigenvalue weighted by molar-refractivity contribution is 7.98. The van der Waals surface area contributed by atoms with Gasteiger partial charge in [-0.3, -0.25) is 10.1 Å². The molecule has 2 rings (SSSR count). The molecule has 0 aliphatic rings. The van der Waals surface area contributed by atoms with Crippen LogP contribution in [0.2, 0.25) is 5.28 Å². The highest BCUT2D eigenvalue weighted by Gasteiger charge is 2.17. The van der Waals surface area contributed by atoms with Gasteiger partial charge in [0.25, 0.3) is 0 Å². The van der Waals surface area contributed by atoms with Crippen LogP contribution < -0.4 is 0 Å². The maximum atomic E-state index is 10.8. The molecule has 0 saturated carbocycles. The minimum Gasteiger partial charge on any atom is -0.258 e. The third-order valence-corrected chi connectivity index (χ3v) is 3.35. The Morgan fingerprint density at radius 2 is 2.06 bits per heavy atom. The number of thioether (sulfide) groups is 1. The molecule has 0 saturated heterocycles. The number of nitrogens with zero attached hydrogens (tertiary/aromatic N) is 3. The Morgan fingerprint density at radius 1 is 1.33 bits per heavy atom. The third kappa shape index (κ3) is 3.18. The molecule has 0 unspecified atom stereocenters. The van der Waals surface area contributed by atoms with Gasteiger partial charge in [-0.15, -0.1) is 0 Å². The maximum absolute atomic E-state index is 10.8. The van der Waals surface area contributed by atoms with E-state index in [-0.39, 0.29) is 16.0 Å². The van der Waals surface area contributed by atoms with Crippen molar-refractivity contribution in [1.29, 1.82) is 0 Å². The number of hydrogen-bond acceptors (Lipinski definition) is 5. The molecule has 1 aromatic carbocycles. The molecular weight excluding hydrogens is 274 g/mol. The second kappa shape index (κ2) is 5.79. The van der Waals surface area contributed by atoms with E-state index in [0.29, 0.717) is 5.75 Å². The standard InChI is InChI=1S/C11H8ClN3O2S/c12-11-13-6-9(15(16)17)10(14-11)18-7-8-4-2-1-3-5-8/h1-6H,7H2. The lowest BCUT2D eigenvalue weighted by Gasteiger charge is -2.02. The zero-order chi connectivity index (χ0) is 13.0. The summed E-state index contributed by atoms with van der Waals surface area (Å²) in [5.74, 6) is 0.592. The summed E-state index contributed by atoms with van der Waals surface area (Å²) in [6, 6.07) is 9.63. The topological polar surface area (TPSA) is 68.9 Å². The smallest absolute Gasteiger partial charge is 0.258 e. The summed E-state index contributed by atoms with van der Waals surface area (Å²) in [4.78, 5) is 17.8. The predicted octanol–water partition coefficient (Wildman–Crippen LogP) is 3.33. The Morgan fingerprint density at radius 3 is 2.72 bits per heavy atom. The fourth-order valence-corrected chi connectivity index (χ4v) is 2.40. The molecule has 0 aliphatic carbocycles. The van der Waals surface area contributed by atoms with Crippen LogP contribution in [0.1, 0.15) is 5.56 Å². The molecule has 5 nitrogen and oxygen atoms in total. The highest BCUT2D eigenvalue weighted by Crippen LogP contribution is 2.29. The monoisotopic (exact) mass is 281 g/mol. The first-order valence-corrected chi connectivity index (χ1v) is 6.37. The second-order valence-corrected chi connectivity index (χ2v) is 4.66. The van der Waals surface area contributed by atoms with E-state index >= 15 is 0 Å².